The number of carbonyl (C=O) groups excluding carboxylic acids is 1. The monoisotopic (exact) mass is 141 g/mol. The zero-order chi connectivity index (χ0) is 7.98. The van der Waals surface area contributed by atoms with Gasteiger partial charge in [-0.05, 0) is 26.0 Å². The van der Waals surface area contributed by atoms with Crippen LogP contribution < -0.4 is 5.73 Å². The van der Waals surface area contributed by atoms with Crippen molar-refractivity contribution < 1.29 is 9.53 Å². The van der Waals surface area contributed by atoms with Crippen molar-refractivity contribution in [1.29, 1.82) is 0 Å². The van der Waals surface area contributed by atoms with Gasteiger partial charge in [-0.1, -0.05) is 0 Å². The van der Waals surface area contributed by atoms with Gasteiger partial charge >= 0.3 is 6.09 Å². The molecule has 0 aliphatic heterocycles. The molecule has 0 aliphatic carbocycles. The summed E-state index contributed by atoms with van der Waals surface area (Å²) in [6, 6.07) is 0. The molecule has 1 unspecified atom stereocenters. The van der Waals surface area contributed by atoms with Crippen LogP contribution in [0.15, 0.2) is 17.9 Å². The Labute approximate surface area is 60.2 Å². The van der Waals surface area contributed by atoms with Gasteiger partial charge in [0.25, 0.3) is 0 Å². The lowest BCUT2D eigenvalue weighted by Crippen LogP contribution is -2.18. The number of ether oxygens (including phenoxy) is 1. The van der Waals surface area contributed by atoms with Gasteiger partial charge < -0.3 is 10.5 Å². The highest BCUT2D eigenvalue weighted by Crippen LogP contribution is 1.89. The van der Waals surface area contributed by atoms with E-state index >= 15 is 0 Å². The zero-order valence-corrected chi connectivity index (χ0v) is 6.13. The maximum absolute atomic E-state index is 10.1. The SMILES string of the molecule is CC=C=CC(C)OC(N)=O. The summed E-state index contributed by atoms with van der Waals surface area (Å²) in [5, 5.41) is 0. The van der Waals surface area contributed by atoms with Crippen LogP contribution >= 0.6 is 0 Å². The lowest BCUT2D eigenvalue weighted by Gasteiger charge is -2.02. The van der Waals surface area contributed by atoms with Gasteiger partial charge in [0.2, 0.25) is 0 Å². The predicted octanol–water partition coefficient (Wildman–Crippen LogP) is 1.20. The fourth-order valence-corrected chi connectivity index (χ4v) is 0.449. The molecule has 56 valence electrons. The third-order valence-corrected chi connectivity index (χ3v) is 0.800. The maximum atomic E-state index is 10.1. The molecule has 0 radical (unpaired) electrons. The summed E-state index contributed by atoms with van der Waals surface area (Å²) in [6.45, 7) is 3.54. The molecule has 0 saturated carbocycles. The molecule has 0 aromatic carbocycles. The van der Waals surface area contributed by atoms with Crippen LogP contribution in [-0.2, 0) is 4.74 Å². The molecule has 0 spiro atoms. The normalized spacial score (nSPS) is 11.0. The molecule has 3 heteroatoms. The van der Waals surface area contributed by atoms with Gasteiger partial charge in [0.1, 0.15) is 6.10 Å². The molecular weight excluding hydrogens is 130 g/mol. The molecule has 1 atom stereocenters. The van der Waals surface area contributed by atoms with Crippen LogP contribution in [0.2, 0.25) is 0 Å². The molecule has 2 N–H and O–H groups in total. The standard InChI is InChI=1S/C7H11NO2/c1-3-4-5-6(2)10-7(8)9/h3,5-6H,1-2H3,(H2,8,9). The Hall–Kier alpha value is -1.21. The van der Waals surface area contributed by atoms with E-state index in [-0.39, 0.29) is 6.10 Å². The van der Waals surface area contributed by atoms with E-state index in [0.29, 0.717) is 0 Å². The second kappa shape index (κ2) is 4.65. The van der Waals surface area contributed by atoms with Crippen LogP contribution in [0.25, 0.3) is 0 Å². The van der Waals surface area contributed by atoms with E-state index in [1.807, 2.05) is 6.92 Å². The third kappa shape index (κ3) is 4.94. The molecule has 0 aromatic rings. The number of hydrogen-bond acceptors (Lipinski definition) is 2. The predicted molar refractivity (Wildman–Crippen MR) is 38.5 cm³/mol. The molecule has 0 saturated heterocycles. The Balaban J connectivity index is 3.74. The van der Waals surface area contributed by atoms with Crippen LogP contribution in [0.4, 0.5) is 4.79 Å². The topological polar surface area (TPSA) is 52.3 Å². The van der Waals surface area contributed by atoms with E-state index in [4.69, 9.17) is 5.73 Å². The second-order valence-corrected chi connectivity index (χ2v) is 1.76. The Kier molecular flexibility index (Phi) is 4.09. The van der Waals surface area contributed by atoms with Gasteiger partial charge in [-0.2, -0.15) is 0 Å². The van der Waals surface area contributed by atoms with Crippen molar-refractivity contribution in [1.82, 2.24) is 0 Å². The summed E-state index contributed by atoms with van der Waals surface area (Å²) in [5.41, 5.74) is 7.52. The highest BCUT2D eigenvalue weighted by atomic mass is 16.6. The Morgan fingerprint density at radius 2 is 2.40 bits per heavy atom. The second-order valence-electron chi connectivity index (χ2n) is 1.76. The molecule has 0 fully saturated rings. The van der Waals surface area contributed by atoms with Gasteiger partial charge in [-0.15, -0.1) is 5.73 Å². The largest absolute Gasteiger partial charge is 0.442 e. The van der Waals surface area contributed by atoms with Crippen LogP contribution in [0.1, 0.15) is 13.8 Å². The summed E-state index contributed by atoms with van der Waals surface area (Å²) < 4.78 is 4.55. The van der Waals surface area contributed by atoms with Crippen molar-refractivity contribution in [3.8, 4) is 0 Å². The number of amides is 1. The summed E-state index contributed by atoms with van der Waals surface area (Å²) >= 11 is 0. The third-order valence-electron chi connectivity index (χ3n) is 0.800. The molecule has 1 amide bonds. The fraction of sp³-hybridized carbons (Fsp3) is 0.429. The minimum absolute atomic E-state index is 0.298. The molecule has 0 heterocycles. The van der Waals surface area contributed by atoms with E-state index in [1.54, 1.807) is 19.1 Å². The Morgan fingerprint density at radius 3 is 2.80 bits per heavy atom. The van der Waals surface area contributed by atoms with Gasteiger partial charge in [-0.25, -0.2) is 4.79 Å². The summed E-state index contributed by atoms with van der Waals surface area (Å²) in [6.07, 6.45) is 2.28. The quantitative estimate of drug-likeness (QED) is 0.587. The van der Waals surface area contributed by atoms with E-state index in [0.717, 1.165) is 0 Å². The smallest absolute Gasteiger partial charge is 0.405 e. The minimum atomic E-state index is -0.762. The molecule has 0 aliphatic rings. The average Bonchev–Trinajstić information content (AvgIpc) is 1.82. The number of primary amides is 1. The van der Waals surface area contributed by atoms with Crippen molar-refractivity contribution in [3.05, 3.63) is 17.9 Å². The lowest BCUT2D eigenvalue weighted by atomic mass is 10.4. The van der Waals surface area contributed by atoms with Crippen molar-refractivity contribution >= 4 is 6.09 Å². The number of carbonyl (C=O) groups is 1. The van der Waals surface area contributed by atoms with E-state index < -0.39 is 6.09 Å². The van der Waals surface area contributed by atoms with Crippen LogP contribution in [-0.4, -0.2) is 12.2 Å². The number of rotatable bonds is 2. The maximum Gasteiger partial charge on any atom is 0.405 e. The molecular formula is C7H11NO2. The van der Waals surface area contributed by atoms with Crippen LogP contribution in [0, 0.1) is 0 Å². The van der Waals surface area contributed by atoms with Gasteiger partial charge in [-0.3, -0.25) is 0 Å². The van der Waals surface area contributed by atoms with Crippen molar-refractivity contribution in [2.24, 2.45) is 5.73 Å². The first-order valence-corrected chi connectivity index (χ1v) is 3.00. The molecule has 0 bridgehead atoms. The van der Waals surface area contributed by atoms with Gasteiger partial charge in [0.05, 0.1) is 0 Å². The van der Waals surface area contributed by atoms with Crippen molar-refractivity contribution in [3.63, 3.8) is 0 Å². The average molecular weight is 141 g/mol. The first kappa shape index (κ1) is 8.79. The highest BCUT2D eigenvalue weighted by molar-refractivity contribution is 5.64. The van der Waals surface area contributed by atoms with E-state index in [1.165, 1.54) is 0 Å². The lowest BCUT2D eigenvalue weighted by molar-refractivity contribution is 0.137. The van der Waals surface area contributed by atoms with E-state index in [9.17, 15) is 4.79 Å². The number of hydrogen-bond donors (Lipinski definition) is 1. The summed E-state index contributed by atoms with van der Waals surface area (Å²) in [4.78, 5) is 10.1. The van der Waals surface area contributed by atoms with Crippen LogP contribution in [0.3, 0.4) is 0 Å². The molecule has 10 heavy (non-hydrogen) atoms. The van der Waals surface area contributed by atoms with Crippen molar-refractivity contribution in [2.75, 3.05) is 0 Å². The van der Waals surface area contributed by atoms with Crippen molar-refractivity contribution in [2.45, 2.75) is 20.0 Å². The fourth-order valence-electron chi connectivity index (χ4n) is 0.449. The van der Waals surface area contributed by atoms with Gasteiger partial charge in [0.15, 0.2) is 0 Å². The summed E-state index contributed by atoms with van der Waals surface area (Å²) in [5.74, 6) is 0. The Bertz CT molecular complexity index is 168. The van der Waals surface area contributed by atoms with Gasteiger partial charge in [0, 0.05) is 0 Å². The first-order chi connectivity index (χ1) is 4.66. The minimum Gasteiger partial charge on any atom is -0.442 e. The summed E-state index contributed by atoms with van der Waals surface area (Å²) in [7, 11) is 0. The molecule has 0 aromatic heterocycles. The molecule has 0 rings (SSSR count). The number of nitrogens with two attached hydrogens (primary N) is 1. The van der Waals surface area contributed by atoms with E-state index in [2.05, 4.69) is 10.5 Å². The highest BCUT2D eigenvalue weighted by Gasteiger charge is 1.98. The molecule has 3 nitrogen and oxygen atoms in total. The zero-order valence-electron chi connectivity index (χ0n) is 6.13. The first-order valence-electron chi connectivity index (χ1n) is 3.00. The Morgan fingerprint density at radius 1 is 1.80 bits per heavy atom. The van der Waals surface area contributed by atoms with Crippen LogP contribution in [0.5, 0.6) is 0 Å².